The molecule has 11 nitrogen and oxygen atoms in total. The Bertz CT molecular complexity index is 1570. The van der Waals surface area contributed by atoms with Gasteiger partial charge in [0.1, 0.15) is 24.4 Å². The van der Waals surface area contributed by atoms with Crippen LogP contribution in [0.3, 0.4) is 0 Å². The van der Waals surface area contributed by atoms with Crippen molar-refractivity contribution in [2.75, 3.05) is 13.2 Å². The van der Waals surface area contributed by atoms with Crippen LogP contribution in [0.15, 0.2) is 97.2 Å². The molecule has 1 amide bonds. The van der Waals surface area contributed by atoms with E-state index in [0.717, 1.165) is 77.0 Å². The third-order valence-electron chi connectivity index (χ3n) is 13.2. The van der Waals surface area contributed by atoms with Crippen LogP contribution < -0.4 is 5.32 Å². The molecule has 0 saturated carbocycles. The fourth-order valence-electron chi connectivity index (χ4n) is 8.55. The summed E-state index contributed by atoms with van der Waals surface area (Å²) < 4.78 is 17.5. The van der Waals surface area contributed by atoms with E-state index in [9.17, 15) is 35.1 Å². The molecule has 424 valence electrons. The second-order valence-corrected chi connectivity index (χ2v) is 20.0. The summed E-state index contributed by atoms with van der Waals surface area (Å²) in [5.41, 5.74) is 0. The lowest BCUT2D eigenvalue weighted by molar-refractivity contribution is -0.305. The number of aliphatic hydroxyl groups excluding tert-OH is 5. The number of hydrogen-bond acceptors (Lipinski definition) is 10. The molecule has 6 N–H and O–H groups in total. The minimum atomic E-state index is -1.65. The highest BCUT2D eigenvalue weighted by Gasteiger charge is 2.47. The molecule has 1 aliphatic rings. The molecule has 1 heterocycles. The van der Waals surface area contributed by atoms with Gasteiger partial charge in [-0.1, -0.05) is 227 Å². The summed E-state index contributed by atoms with van der Waals surface area (Å²) in [5.74, 6) is -1.31. The minimum absolute atomic E-state index is 0.00756. The third kappa shape index (κ3) is 38.2. The first-order valence-electron chi connectivity index (χ1n) is 29.5. The Morgan fingerprint density at radius 1 is 0.541 bits per heavy atom. The Morgan fingerprint density at radius 2 is 0.973 bits per heavy atom. The summed E-state index contributed by atoms with van der Waals surface area (Å²) in [6.07, 6.45) is 56.0. The summed E-state index contributed by atoms with van der Waals surface area (Å²) in [5, 5.41) is 56.8. The second kappa shape index (κ2) is 50.4. The number of nitrogens with one attached hydrogen (secondary N) is 1. The van der Waals surface area contributed by atoms with Crippen molar-refractivity contribution in [1.29, 1.82) is 0 Å². The number of carbonyl (C=O) groups excluding carboxylic acids is 2. The van der Waals surface area contributed by atoms with Crippen molar-refractivity contribution in [3.63, 3.8) is 0 Å². The fourth-order valence-corrected chi connectivity index (χ4v) is 8.55. The van der Waals surface area contributed by atoms with E-state index in [2.05, 4.69) is 99.0 Å². The van der Waals surface area contributed by atoms with Gasteiger partial charge in [-0.15, -0.1) is 0 Å². The van der Waals surface area contributed by atoms with E-state index in [4.69, 9.17) is 14.2 Å². The highest BCUT2D eigenvalue weighted by Crippen LogP contribution is 2.26. The van der Waals surface area contributed by atoms with E-state index in [0.29, 0.717) is 19.3 Å². The van der Waals surface area contributed by atoms with Crippen molar-refractivity contribution in [1.82, 2.24) is 5.32 Å². The van der Waals surface area contributed by atoms with Crippen LogP contribution in [0.1, 0.15) is 226 Å². The number of rotatable bonds is 48. The van der Waals surface area contributed by atoms with Crippen molar-refractivity contribution in [2.24, 2.45) is 0 Å². The molecule has 0 aromatic heterocycles. The summed E-state index contributed by atoms with van der Waals surface area (Å²) in [4.78, 5) is 26.4. The Labute approximate surface area is 450 Å². The Hall–Kier alpha value is -3.42. The first-order valence-corrected chi connectivity index (χ1v) is 29.5. The highest BCUT2D eigenvalue weighted by molar-refractivity contribution is 5.80. The Morgan fingerprint density at radius 3 is 1.46 bits per heavy atom. The van der Waals surface area contributed by atoms with E-state index in [1.165, 1.54) is 96.3 Å². The number of allylic oxidation sites excluding steroid dienone is 15. The molecule has 0 aliphatic carbocycles. The van der Waals surface area contributed by atoms with Crippen molar-refractivity contribution < 1.29 is 49.3 Å². The third-order valence-corrected chi connectivity index (χ3v) is 13.2. The molecular formula is C63H107NO10. The van der Waals surface area contributed by atoms with Gasteiger partial charge in [0, 0.05) is 6.42 Å². The number of amides is 1. The molecule has 1 saturated heterocycles. The topological polar surface area (TPSA) is 175 Å². The van der Waals surface area contributed by atoms with Gasteiger partial charge in [-0.3, -0.25) is 9.59 Å². The van der Waals surface area contributed by atoms with Gasteiger partial charge < -0.3 is 45.1 Å². The monoisotopic (exact) mass is 1040 g/mol. The van der Waals surface area contributed by atoms with Crippen molar-refractivity contribution in [2.45, 2.75) is 275 Å². The van der Waals surface area contributed by atoms with E-state index in [1.807, 2.05) is 18.2 Å². The number of ether oxygens (including phenoxy) is 3. The molecule has 1 rings (SSSR count). The normalized spacial score (nSPS) is 20.0. The minimum Gasteiger partial charge on any atom is -0.454 e. The van der Waals surface area contributed by atoms with Gasteiger partial charge in [0.05, 0.1) is 25.4 Å². The lowest BCUT2D eigenvalue weighted by Gasteiger charge is -2.41. The zero-order chi connectivity index (χ0) is 54.0. The van der Waals surface area contributed by atoms with Gasteiger partial charge in [0.15, 0.2) is 12.4 Å². The fraction of sp³-hybridized carbons (Fsp3) is 0.714. The summed E-state index contributed by atoms with van der Waals surface area (Å²) >= 11 is 0. The van der Waals surface area contributed by atoms with Gasteiger partial charge in [-0.2, -0.15) is 0 Å². The second-order valence-electron chi connectivity index (χ2n) is 20.0. The molecular weight excluding hydrogens is 931 g/mol. The molecule has 11 heteroatoms. The molecule has 0 bridgehead atoms. The van der Waals surface area contributed by atoms with E-state index in [-0.39, 0.29) is 19.4 Å². The SMILES string of the molecule is CC/C=C\C/C=C\C/C=C\C/C=C\C/C=C\C/C=C\CCC(=O)OC1C(OCC(NC(=O)C(O)CCCC/C=C\CCCCCCCCC)C(O)/C=C/CCCCCCCCCCCCC)OC(CO)C(O)C1O. The summed E-state index contributed by atoms with van der Waals surface area (Å²) in [7, 11) is 0. The van der Waals surface area contributed by atoms with Crippen LogP contribution in [0, 0.1) is 0 Å². The highest BCUT2D eigenvalue weighted by atomic mass is 16.7. The maximum atomic E-state index is 13.4. The van der Waals surface area contributed by atoms with E-state index >= 15 is 0 Å². The van der Waals surface area contributed by atoms with Crippen LogP contribution in [-0.2, 0) is 23.8 Å². The molecule has 0 radical (unpaired) electrons. The lowest BCUT2D eigenvalue weighted by atomic mass is 9.99. The number of esters is 1. The van der Waals surface area contributed by atoms with Crippen molar-refractivity contribution in [3.8, 4) is 0 Å². The molecule has 8 unspecified atom stereocenters. The molecule has 1 aliphatic heterocycles. The van der Waals surface area contributed by atoms with Crippen molar-refractivity contribution >= 4 is 11.9 Å². The number of aliphatic hydroxyl groups is 5. The summed E-state index contributed by atoms with van der Waals surface area (Å²) in [6.45, 7) is 5.60. The quantitative estimate of drug-likeness (QED) is 0.0195. The van der Waals surface area contributed by atoms with Gasteiger partial charge >= 0.3 is 5.97 Å². The van der Waals surface area contributed by atoms with Crippen LogP contribution >= 0.6 is 0 Å². The zero-order valence-electron chi connectivity index (χ0n) is 46.7. The average molecular weight is 1040 g/mol. The zero-order valence-corrected chi connectivity index (χ0v) is 46.7. The van der Waals surface area contributed by atoms with Crippen LogP contribution in [0.25, 0.3) is 0 Å². The molecule has 0 aromatic carbocycles. The average Bonchev–Trinajstić information content (AvgIpc) is 3.40. The maximum absolute atomic E-state index is 13.4. The number of carbonyl (C=O) groups is 2. The van der Waals surface area contributed by atoms with Crippen LogP contribution in [0.2, 0.25) is 0 Å². The standard InChI is InChI=1S/C63H107NO10/c1-4-7-10-13-16-19-22-25-26-27-28-29-30-33-36-39-42-45-48-51-58(68)74-61-60(70)59(69)57(52-65)73-63(61)72-53-54(55(66)49-46-43-40-37-34-31-23-20-17-14-11-8-5-2)64-62(71)56(67)50-47-44-41-38-35-32-24-21-18-15-12-9-6-3/h7,10,16,19,25-26,28-29,33,35-36,38,42,45-46,49,54-57,59-61,63,65-67,69-70H,4-6,8-9,11-15,17-18,20-24,27,30-32,34,37,39-41,43-44,47-48,50-53H2,1-3H3,(H,64,71)/b10-7-,19-16-,26-25-,29-28-,36-33-,38-35-,45-42-,49-46+. The lowest BCUT2D eigenvalue weighted by Crippen LogP contribution is -2.61. The maximum Gasteiger partial charge on any atom is 0.306 e. The molecule has 0 spiro atoms. The Kier molecular flexibility index (Phi) is 46.7. The molecule has 1 fully saturated rings. The van der Waals surface area contributed by atoms with Crippen LogP contribution in [0.4, 0.5) is 0 Å². The molecule has 74 heavy (non-hydrogen) atoms. The Balaban J connectivity index is 2.78. The van der Waals surface area contributed by atoms with Gasteiger partial charge in [-0.25, -0.2) is 0 Å². The first kappa shape index (κ1) is 68.6. The predicted molar refractivity (Wildman–Crippen MR) is 305 cm³/mol. The van der Waals surface area contributed by atoms with Crippen LogP contribution in [-0.4, -0.2) is 99.6 Å². The van der Waals surface area contributed by atoms with Crippen LogP contribution in [0.5, 0.6) is 0 Å². The first-order chi connectivity index (χ1) is 36.2. The predicted octanol–water partition coefficient (Wildman–Crippen LogP) is 13.6. The van der Waals surface area contributed by atoms with Crippen molar-refractivity contribution in [3.05, 3.63) is 97.2 Å². The number of hydrogen-bond donors (Lipinski definition) is 6. The molecule has 8 atom stereocenters. The van der Waals surface area contributed by atoms with E-state index in [1.54, 1.807) is 6.08 Å². The number of unbranched alkanes of at least 4 members (excludes halogenated alkanes) is 20. The summed E-state index contributed by atoms with van der Waals surface area (Å²) in [6, 6.07) is -1.05. The van der Waals surface area contributed by atoms with Gasteiger partial charge in [-0.05, 0) is 89.9 Å². The largest absolute Gasteiger partial charge is 0.454 e. The van der Waals surface area contributed by atoms with E-state index < -0.39 is 67.4 Å². The smallest absolute Gasteiger partial charge is 0.306 e. The van der Waals surface area contributed by atoms with Gasteiger partial charge in [0.25, 0.3) is 0 Å². The van der Waals surface area contributed by atoms with Gasteiger partial charge in [0.2, 0.25) is 5.91 Å². The molecule has 0 aromatic rings.